The van der Waals surface area contributed by atoms with Gasteiger partial charge in [-0.25, -0.2) is 0 Å². The molecular formula is C10H18BrNO. The van der Waals surface area contributed by atoms with Crippen molar-refractivity contribution in [3.63, 3.8) is 0 Å². The summed E-state index contributed by atoms with van der Waals surface area (Å²) < 4.78 is 0. The van der Waals surface area contributed by atoms with Gasteiger partial charge in [-0.05, 0) is 24.7 Å². The second-order valence-electron chi connectivity index (χ2n) is 4.16. The van der Waals surface area contributed by atoms with Gasteiger partial charge in [0.25, 0.3) is 0 Å². The highest BCUT2D eigenvalue weighted by Gasteiger charge is 2.41. The van der Waals surface area contributed by atoms with E-state index < -0.39 is 0 Å². The molecule has 0 radical (unpaired) electrons. The Morgan fingerprint density at radius 3 is 2.62 bits per heavy atom. The molecule has 1 N–H and O–H groups in total. The number of amides is 1. The van der Waals surface area contributed by atoms with Gasteiger partial charge in [0.05, 0.1) is 0 Å². The molecule has 1 atom stereocenters. The molecule has 0 bridgehead atoms. The van der Waals surface area contributed by atoms with Crippen LogP contribution in [0.3, 0.4) is 0 Å². The first kappa shape index (κ1) is 11.0. The van der Waals surface area contributed by atoms with Crippen molar-refractivity contribution in [1.82, 2.24) is 5.32 Å². The van der Waals surface area contributed by atoms with Gasteiger partial charge in [0.1, 0.15) is 0 Å². The molecule has 0 saturated heterocycles. The molecule has 0 aromatic carbocycles. The quantitative estimate of drug-likeness (QED) is 0.743. The number of carbonyl (C=O) groups is 1. The minimum atomic E-state index is 0.158. The molecule has 1 aliphatic rings. The zero-order chi connectivity index (χ0) is 9.90. The van der Waals surface area contributed by atoms with Crippen molar-refractivity contribution in [1.29, 1.82) is 0 Å². The van der Waals surface area contributed by atoms with E-state index in [0.29, 0.717) is 5.41 Å². The summed E-state index contributed by atoms with van der Waals surface area (Å²) in [5.41, 5.74) is 0.392. The molecule has 76 valence electrons. The predicted octanol–water partition coefficient (Wildman–Crippen LogP) is 2.32. The summed E-state index contributed by atoms with van der Waals surface area (Å²) in [5.74, 6) is 0.362. The Labute approximate surface area is 88.6 Å². The van der Waals surface area contributed by atoms with E-state index >= 15 is 0 Å². The van der Waals surface area contributed by atoms with Crippen molar-refractivity contribution in [3.8, 4) is 0 Å². The smallest absolute Gasteiger partial charge is 0.222 e. The van der Waals surface area contributed by atoms with Gasteiger partial charge in [-0.15, -0.1) is 0 Å². The van der Waals surface area contributed by atoms with Gasteiger partial charge in [0, 0.05) is 17.8 Å². The van der Waals surface area contributed by atoms with E-state index in [4.69, 9.17) is 0 Å². The number of hydrogen-bond acceptors (Lipinski definition) is 1. The molecule has 1 rings (SSSR count). The van der Waals surface area contributed by atoms with Crippen molar-refractivity contribution < 1.29 is 4.79 Å². The Morgan fingerprint density at radius 2 is 2.23 bits per heavy atom. The minimum absolute atomic E-state index is 0.158. The Balaban J connectivity index is 2.22. The normalized spacial score (nSPS) is 20.8. The molecule has 1 aliphatic carbocycles. The van der Waals surface area contributed by atoms with Crippen molar-refractivity contribution in [2.24, 2.45) is 11.3 Å². The molecule has 13 heavy (non-hydrogen) atoms. The first-order valence-electron chi connectivity index (χ1n) is 4.97. The number of rotatable bonds is 5. The molecule has 1 saturated carbocycles. The van der Waals surface area contributed by atoms with Crippen LogP contribution in [0.15, 0.2) is 0 Å². The van der Waals surface area contributed by atoms with Gasteiger partial charge < -0.3 is 5.32 Å². The van der Waals surface area contributed by atoms with Gasteiger partial charge in [-0.2, -0.15) is 0 Å². The summed E-state index contributed by atoms with van der Waals surface area (Å²) in [4.78, 5) is 11.4. The standard InChI is InChI=1S/C10H18BrNO/c1-3-8(2)9(13)12-7-10(6-11)4-5-10/h8H,3-7H2,1-2H3,(H,12,13). The summed E-state index contributed by atoms with van der Waals surface area (Å²) >= 11 is 3.49. The SMILES string of the molecule is CCC(C)C(=O)NCC1(CBr)CC1. The van der Waals surface area contributed by atoms with Crippen molar-refractivity contribution in [3.05, 3.63) is 0 Å². The van der Waals surface area contributed by atoms with Gasteiger partial charge in [0.15, 0.2) is 0 Å². The summed E-state index contributed by atoms with van der Waals surface area (Å²) in [5, 5.41) is 4.03. The van der Waals surface area contributed by atoms with Crippen LogP contribution in [0.5, 0.6) is 0 Å². The number of alkyl halides is 1. The number of halogens is 1. The van der Waals surface area contributed by atoms with Crippen LogP contribution in [0.25, 0.3) is 0 Å². The average Bonchev–Trinajstić information content (AvgIpc) is 2.93. The maximum absolute atomic E-state index is 11.4. The summed E-state index contributed by atoms with van der Waals surface area (Å²) in [7, 11) is 0. The third kappa shape index (κ3) is 2.97. The van der Waals surface area contributed by atoms with Crippen molar-refractivity contribution in [2.75, 3.05) is 11.9 Å². The van der Waals surface area contributed by atoms with Crippen LogP contribution in [0.2, 0.25) is 0 Å². The number of carbonyl (C=O) groups excluding carboxylic acids is 1. The van der Waals surface area contributed by atoms with Gasteiger partial charge >= 0.3 is 0 Å². The monoisotopic (exact) mass is 247 g/mol. The lowest BCUT2D eigenvalue weighted by molar-refractivity contribution is -0.124. The number of hydrogen-bond donors (Lipinski definition) is 1. The summed E-state index contributed by atoms with van der Waals surface area (Å²) in [6.45, 7) is 4.87. The predicted molar refractivity (Wildman–Crippen MR) is 57.9 cm³/mol. The van der Waals surface area contributed by atoms with Crippen molar-refractivity contribution >= 4 is 21.8 Å². The maximum atomic E-state index is 11.4. The van der Waals surface area contributed by atoms with Crippen LogP contribution in [-0.4, -0.2) is 17.8 Å². The van der Waals surface area contributed by atoms with Crippen LogP contribution in [0.4, 0.5) is 0 Å². The summed E-state index contributed by atoms with van der Waals surface area (Å²) in [6.07, 6.45) is 3.42. The molecule has 2 nitrogen and oxygen atoms in total. The largest absolute Gasteiger partial charge is 0.355 e. The topological polar surface area (TPSA) is 29.1 Å². The zero-order valence-electron chi connectivity index (χ0n) is 8.40. The van der Waals surface area contributed by atoms with E-state index in [1.807, 2.05) is 13.8 Å². The highest BCUT2D eigenvalue weighted by atomic mass is 79.9. The fraction of sp³-hybridized carbons (Fsp3) is 0.900. The van der Waals surface area contributed by atoms with Gasteiger partial charge in [-0.1, -0.05) is 29.8 Å². The maximum Gasteiger partial charge on any atom is 0.222 e. The molecule has 1 unspecified atom stereocenters. The zero-order valence-corrected chi connectivity index (χ0v) is 9.99. The fourth-order valence-electron chi connectivity index (χ4n) is 1.17. The van der Waals surface area contributed by atoms with E-state index in [9.17, 15) is 4.79 Å². The Morgan fingerprint density at radius 1 is 1.62 bits per heavy atom. The Bertz CT molecular complexity index is 189. The molecular weight excluding hydrogens is 230 g/mol. The molecule has 0 aromatic rings. The lowest BCUT2D eigenvalue weighted by Gasteiger charge is -2.15. The van der Waals surface area contributed by atoms with E-state index in [0.717, 1.165) is 18.3 Å². The first-order chi connectivity index (χ1) is 6.13. The number of nitrogens with one attached hydrogen (secondary N) is 1. The highest BCUT2D eigenvalue weighted by Crippen LogP contribution is 2.46. The van der Waals surface area contributed by atoms with E-state index in [2.05, 4.69) is 21.2 Å². The average molecular weight is 248 g/mol. The summed E-state index contributed by atoms with van der Waals surface area (Å²) in [6, 6.07) is 0. The van der Waals surface area contributed by atoms with Crippen LogP contribution >= 0.6 is 15.9 Å². The Hall–Kier alpha value is -0.0500. The second-order valence-corrected chi connectivity index (χ2v) is 4.72. The molecule has 0 spiro atoms. The fourth-order valence-corrected chi connectivity index (χ4v) is 1.93. The van der Waals surface area contributed by atoms with E-state index in [1.165, 1.54) is 12.8 Å². The van der Waals surface area contributed by atoms with Crippen LogP contribution < -0.4 is 5.32 Å². The molecule has 0 heterocycles. The molecule has 1 fully saturated rings. The third-order valence-electron chi connectivity index (χ3n) is 2.94. The van der Waals surface area contributed by atoms with Crippen LogP contribution in [-0.2, 0) is 4.79 Å². The van der Waals surface area contributed by atoms with Gasteiger partial charge in [0.2, 0.25) is 5.91 Å². The highest BCUT2D eigenvalue weighted by molar-refractivity contribution is 9.09. The first-order valence-corrected chi connectivity index (χ1v) is 6.09. The lowest BCUT2D eigenvalue weighted by atomic mass is 10.1. The Kier molecular flexibility index (Phi) is 3.77. The van der Waals surface area contributed by atoms with Crippen LogP contribution in [0.1, 0.15) is 33.1 Å². The minimum Gasteiger partial charge on any atom is -0.355 e. The second kappa shape index (κ2) is 4.45. The van der Waals surface area contributed by atoms with Crippen molar-refractivity contribution in [2.45, 2.75) is 33.1 Å². The molecule has 0 aliphatic heterocycles. The molecule has 3 heteroatoms. The molecule has 1 amide bonds. The lowest BCUT2D eigenvalue weighted by Crippen LogP contribution is -2.34. The van der Waals surface area contributed by atoms with E-state index in [-0.39, 0.29) is 11.8 Å². The molecule has 0 aromatic heterocycles. The van der Waals surface area contributed by atoms with Gasteiger partial charge in [-0.3, -0.25) is 4.79 Å². The third-order valence-corrected chi connectivity index (χ3v) is 4.13. The van der Waals surface area contributed by atoms with Crippen LogP contribution in [0, 0.1) is 11.3 Å². The van der Waals surface area contributed by atoms with E-state index in [1.54, 1.807) is 0 Å².